The third-order valence-corrected chi connectivity index (χ3v) is 10.6. The lowest BCUT2D eigenvalue weighted by Crippen LogP contribution is -2.02. The van der Waals surface area contributed by atoms with Crippen LogP contribution in [0, 0.1) is 12.8 Å². The zero-order valence-electron chi connectivity index (χ0n) is 29.8. The molecule has 1 aliphatic rings. The van der Waals surface area contributed by atoms with Crippen LogP contribution in [0.1, 0.15) is 197 Å². The topological polar surface area (TPSA) is 0 Å². The first-order chi connectivity index (χ1) is 21.5. The average Bonchev–Trinajstić information content (AvgIpc) is 3.39. The van der Waals surface area contributed by atoms with Crippen LogP contribution in [0.2, 0.25) is 0 Å². The molecule has 2 aromatic carbocycles. The summed E-state index contributed by atoms with van der Waals surface area (Å²) in [5, 5.41) is 2.91. The highest BCUT2D eigenvalue weighted by Gasteiger charge is 2.27. The van der Waals surface area contributed by atoms with Crippen molar-refractivity contribution in [1.82, 2.24) is 0 Å². The molecule has 0 bridgehead atoms. The van der Waals surface area contributed by atoms with Gasteiger partial charge in [-0.25, -0.2) is 0 Å². The van der Waals surface area contributed by atoms with Crippen LogP contribution < -0.4 is 0 Å². The van der Waals surface area contributed by atoms with E-state index in [9.17, 15) is 0 Å². The molecule has 1 aliphatic carbocycles. The lowest BCUT2D eigenvalue weighted by atomic mass is 9.84. The van der Waals surface area contributed by atoms with Crippen LogP contribution in [0.15, 0.2) is 48.1 Å². The van der Waals surface area contributed by atoms with Crippen molar-refractivity contribution in [2.45, 2.75) is 188 Å². The maximum Gasteiger partial charge on any atom is 0.00636 e. The van der Waals surface area contributed by atoms with Gasteiger partial charge in [-0.1, -0.05) is 184 Å². The number of hydrogen-bond acceptors (Lipinski definition) is 0. The van der Waals surface area contributed by atoms with Gasteiger partial charge in [0.25, 0.3) is 0 Å². The van der Waals surface area contributed by atoms with E-state index in [4.69, 9.17) is 0 Å². The van der Waals surface area contributed by atoms with Crippen LogP contribution in [0.3, 0.4) is 0 Å². The second-order valence-corrected chi connectivity index (χ2v) is 14.6. The van der Waals surface area contributed by atoms with Gasteiger partial charge in [0.15, 0.2) is 0 Å². The molecule has 0 aromatic heterocycles. The smallest absolute Gasteiger partial charge is 0.00636 e. The Morgan fingerprint density at radius 3 is 2.02 bits per heavy atom. The lowest BCUT2D eigenvalue weighted by Gasteiger charge is -2.20. The average molecular weight is 599 g/mol. The fraction of sp³-hybridized carbons (Fsp3) is 0.682. The van der Waals surface area contributed by atoms with Crippen LogP contribution in [0.4, 0.5) is 0 Å². The molecule has 2 unspecified atom stereocenters. The van der Waals surface area contributed by atoms with Crippen molar-refractivity contribution in [3.8, 4) is 0 Å². The van der Waals surface area contributed by atoms with Crippen molar-refractivity contribution >= 4 is 16.8 Å². The van der Waals surface area contributed by atoms with Gasteiger partial charge in [-0.15, -0.1) is 0 Å². The predicted octanol–water partition coefficient (Wildman–Crippen LogP) is 15.2. The van der Waals surface area contributed by atoms with Gasteiger partial charge in [-0.2, -0.15) is 0 Å². The third kappa shape index (κ3) is 12.9. The molecule has 0 amide bonds. The highest BCUT2D eigenvalue weighted by molar-refractivity contribution is 5.93. The molecule has 0 saturated heterocycles. The Kier molecular flexibility index (Phi) is 18.2. The van der Waals surface area contributed by atoms with Gasteiger partial charge < -0.3 is 0 Å². The summed E-state index contributed by atoms with van der Waals surface area (Å²) >= 11 is 0. The van der Waals surface area contributed by atoms with E-state index < -0.39 is 0 Å². The van der Waals surface area contributed by atoms with Crippen molar-refractivity contribution in [2.75, 3.05) is 0 Å². The van der Waals surface area contributed by atoms with Crippen molar-refractivity contribution < 1.29 is 0 Å². The van der Waals surface area contributed by atoms with Gasteiger partial charge in [0.1, 0.15) is 0 Å². The highest BCUT2D eigenvalue weighted by atomic mass is 14.3. The number of unbranched alkanes of at least 4 members (excludes halogenated alkanes) is 14. The maximum atomic E-state index is 4.44. The Balaban J connectivity index is 1.23. The van der Waals surface area contributed by atoms with Gasteiger partial charge in [0.05, 0.1) is 0 Å². The normalized spacial score (nSPS) is 15.1. The van der Waals surface area contributed by atoms with Crippen LogP contribution in [0.5, 0.6) is 0 Å². The van der Waals surface area contributed by atoms with E-state index >= 15 is 0 Å². The minimum Gasteiger partial charge on any atom is -0.0999 e. The SMILES string of the molecule is C=C(CCCCCCCC1C(CCCC)=Cc2c(C)cc3ccccc3c21)CCCC(C)CCCCCCCCCCCC. The van der Waals surface area contributed by atoms with Crippen molar-refractivity contribution in [3.05, 3.63) is 64.7 Å². The summed E-state index contributed by atoms with van der Waals surface area (Å²) in [6.07, 6.45) is 35.7. The molecule has 0 nitrogen and oxygen atoms in total. The summed E-state index contributed by atoms with van der Waals surface area (Å²) < 4.78 is 0. The van der Waals surface area contributed by atoms with Gasteiger partial charge in [0, 0.05) is 5.92 Å². The summed E-state index contributed by atoms with van der Waals surface area (Å²) in [4.78, 5) is 0. The summed E-state index contributed by atoms with van der Waals surface area (Å²) in [5.41, 5.74) is 7.84. The van der Waals surface area contributed by atoms with E-state index in [0.717, 1.165) is 5.92 Å². The van der Waals surface area contributed by atoms with Crippen LogP contribution in [-0.4, -0.2) is 0 Å². The number of rotatable bonds is 26. The van der Waals surface area contributed by atoms with E-state index in [1.54, 1.807) is 11.1 Å². The maximum absolute atomic E-state index is 4.44. The number of aryl methyl sites for hydroxylation is 1. The molecule has 0 spiro atoms. The van der Waals surface area contributed by atoms with Crippen molar-refractivity contribution in [2.24, 2.45) is 5.92 Å². The minimum absolute atomic E-state index is 0.633. The molecule has 2 aromatic rings. The molecule has 0 aliphatic heterocycles. The largest absolute Gasteiger partial charge is 0.0999 e. The highest BCUT2D eigenvalue weighted by Crippen LogP contribution is 2.46. The van der Waals surface area contributed by atoms with E-state index in [2.05, 4.69) is 70.7 Å². The van der Waals surface area contributed by atoms with E-state index in [1.807, 2.05) is 0 Å². The van der Waals surface area contributed by atoms with Crippen LogP contribution in [0.25, 0.3) is 16.8 Å². The quantitative estimate of drug-likeness (QED) is 0.0746. The number of allylic oxidation sites excluding steroid dienone is 2. The molecule has 0 saturated carbocycles. The summed E-state index contributed by atoms with van der Waals surface area (Å²) in [7, 11) is 0. The van der Waals surface area contributed by atoms with Gasteiger partial charge >= 0.3 is 0 Å². The van der Waals surface area contributed by atoms with Crippen LogP contribution >= 0.6 is 0 Å². The second kappa shape index (κ2) is 21.8. The minimum atomic E-state index is 0.633. The monoisotopic (exact) mass is 599 g/mol. The molecule has 2 atom stereocenters. The molecular weight excluding hydrogens is 528 g/mol. The van der Waals surface area contributed by atoms with E-state index in [1.165, 1.54) is 182 Å². The van der Waals surface area contributed by atoms with Crippen molar-refractivity contribution in [1.29, 1.82) is 0 Å². The standard InChI is InChI=1S/C44H70/c1-6-8-10-11-12-13-14-15-17-20-26-36(3)28-25-29-37(4)27-21-18-16-19-22-32-42-40(30-9-7-2)35-43-38(5)34-39-31-23-24-33-41(39)44(42)43/h23-24,31,33-36,42H,4,6-22,25-30,32H2,1-3,5H3. The Labute approximate surface area is 274 Å². The zero-order valence-corrected chi connectivity index (χ0v) is 29.8. The molecule has 0 fully saturated rings. The Morgan fingerprint density at radius 2 is 1.30 bits per heavy atom. The predicted molar refractivity (Wildman–Crippen MR) is 200 cm³/mol. The number of hydrogen-bond donors (Lipinski definition) is 0. The Hall–Kier alpha value is -1.82. The Bertz CT molecular complexity index is 1100. The van der Waals surface area contributed by atoms with Crippen LogP contribution in [-0.2, 0) is 0 Å². The molecule has 44 heavy (non-hydrogen) atoms. The first kappa shape index (κ1) is 36.6. The van der Waals surface area contributed by atoms with Gasteiger partial charge in [0.2, 0.25) is 0 Å². The zero-order chi connectivity index (χ0) is 31.4. The molecule has 0 heteroatoms. The number of benzene rings is 2. The molecule has 3 rings (SSSR count). The molecular formula is C44H70. The Morgan fingerprint density at radius 1 is 0.705 bits per heavy atom. The van der Waals surface area contributed by atoms with Gasteiger partial charge in [-0.3, -0.25) is 0 Å². The molecule has 0 heterocycles. The molecule has 0 N–H and O–H groups in total. The fourth-order valence-electron chi connectivity index (χ4n) is 7.74. The first-order valence-electron chi connectivity index (χ1n) is 19.4. The van der Waals surface area contributed by atoms with Crippen molar-refractivity contribution in [3.63, 3.8) is 0 Å². The fourth-order valence-corrected chi connectivity index (χ4v) is 7.74. The lowest BCUT2D eigenvalue weighted by molar-refractivity contribution is 0.441. The van der Waals surface area contributed by atoms with E-state index in [-0.39, 0.29) is 0 Å². The summed E-state index contributed by atoms with van der Waals surface area (Å²) in [6, 6.07) is 11.5. The first-order valence-corrected chi connectivity index (χ1v) is 19.4. The summed E-state index contributed by atoms with van der Waals surface area (Å²) in [5.74, 6) is 1.52. The van der Waals surface area contributed by atoms with Gasteiger partial charge in [-0.05, 0) is 85.3 Å². The molecule has 0 radical (unpaired) electrons. The summed E-state index contributed by atoms with van der Waals surface area (Å²) in [6.45, 7) is 13.9. The van der Waals surface area contributed by atoms with E-state index in [0.29, 0.717) is 5.92 Å². The third-order valence-electron chi connectivity index (χ3n) is 10.6. The second-order valence-electron chi connectivity index (χ2n) is 14.6. The number of fused-ring (bicyclic) bond motifs is 3. The molecule has 246 valence electrons.